The maximum absolute atomic E-state index is 13.2. The molecular formula is C28H36N2O5. The van der Waals surface area contributed by atoms with Gasteiger partial charge in [0.05, 0.1) is 11.0 Å². The summed E-state index contributed by atoms with van der Waals surface area (Å²) in [5.41, 5.74) is 2.22. The zero-order valence-corrected chi connectivity index (χ0v) is 21.3. The van der Waals surface area contributed by atoms with E-state index in [1.54, 1.807) is 27.7 Å². The van der Waals surface area contributed by atoms with Crippen molar-refractivity contribution in [3.63, 3.8) is 0 Å². The van der Waals surface area contributed by atoms with Gasteiger partial charge in [-0.3, -0.25) is 9.59 Å². The molecule has 3 rings (SSSR count). The minimum absolute atomic E-state index is 0.0840. The van der Waals surface area contributed by atoms with Crippen molar-refractivity contribution in [3.8, 4) is 11.1 Å². The number of rotatable bonds is 9. The SMILES string of the molecule is CC[C@H](C)[C@H](NC(=O)OCC1c2ccccc2-c2ccccc21)C(=O)NC(C)(C)C(C)(C)C(=O)O. The fraction of sp³-hybridized carbons (Fsp3) is 0.464. The lowest BCUT2D eigenvalue weighted by atomic mass is 9.74. The third kappa shape index (κ3) is 5.19. The van der Waals surface area contributed by atoms with Crippen molar-refractivity contribution in [2.24, 2.45) is 11.3 Å². The summed E-state index contributed by atoms with van der Waals surface area (Å²) in [7, 11) is 0. The average Bonchev–Trinajstić information content (AvgIpc) is 3.13. The summed E-state index contributed by atoms with van der Waals surface area (Å²) in [5.74, 6) is -1.72. The van der Waals surface area contributed by atoms with Crippen molar-refractivity contribution < 1.29 is 24.2 Å². The summed E-state index contributed by atoms with van der Waals surface area (Å²) in [6.45, 7) is 10.4. The van der Waals surface area contributed by atoms with Crippen LogP contribution < -0.4 is 10.6 Å². The predicted molar refractivity (Wildman–Crippen MR) is 135 cm³/mol. The quantitative estimate of drug-likeness (QED) is 0.471. The topological polar surface area (TPSA) is 105 Å². The number of alkyl carbamates (subject to hydrolysis) is 1. The van der Waals surface area contributed by atoms with Crippen molar-refractivity contribution in [1.82, 2.24) is 10.6 Å². The Morgan fingerprint density at radius 1 is 0.971 bits per heavy atom. The molecule has 0 fully saturated rings. The molecule has 0 saturated heterocycles. The number of aliphatic carboxylic acids is 1. The van der Waals surface area contributed by atoms with Gasteiger partial charge in [0.25, 0.3) is 0 Å². The van der Waals surface area contributed by atoms with Crippen LogP contribution in [-0.2, 0) is 14.3 Å². The van der Waals surface area contributed by atoms with Crippen LogP contribution in [-0.4, -0.2) is 41.3 Å². The monoisotopic (exact) mass is 480 g/mol. The molecule has 2 aromatic carbocycles. The molecule has 0 aromatic heterocycles. The van der Waals surface area contributed by atoms with E-state index in [2.05, 4.69) is 22.8 Å². The molecule has 0 aliphatic heterocycles. The first-order chi connectivity index (χ1) is 16.4. The van der Waals surface area contributed by atoms with Gasteiger partial charge in [-0.2, -0.15) is 0 Å². The summed E-state index contributed by atoms with van der Waals surface area (Å²) in [6.07, 6.45) is -0.0348. The number of ether oxygens (including phenoxy) is 1. The van der Waals surface area contributed by atoms with E-state index in [-0.39, 0.29) is 18.4 Å². The predicted octanol–water partition coefficient (Wildman–Crippen LogP) is 4.95. The van der Waals surface area contributed by atoms with Crippen LogP contribution in [0.1, 0.15) is 65.0 Å². The fourth-order valence-corrected chi connectivity index (χ4v) is 4.28. The van der Waals surface area contributed by atoms with E-state index in [1.807, 2.05) is 50.2 Å². The Hall–Kier alpha value is -3.35. The number of carboxylic acids is 1. The van der Waals surface area contributed by atoms with Gasteiger partial charge in [0.2, 0.25) is 5.91 Å². The molecule has 0 heterocycles. The third-order valence-electron chi connectivity index (χ3n) is 7.65. The highest BCUT2D eigenvalue weighted by molar-refractivity contribution is 5.87. The highest BCUT2D eigenvalue weighted by atomic mass is 16.5. The maximum atomic E-state index is 13.2. The summed E-state index contributed by atoms with van der Waals surface area (Å²) in [5, 5.41) is 15.2. The molecule has 7 heteroatoms. The molecule has 3 N–H and O–H groups in total. The molecule has 1 aliphatic rings. The molecule has 0 unspecified atom stereocenters. The number of fused-ring (bicyclic) bond motifs is 3. The van der Waals surface area contributed by atoms with Gasteiger partial charge < -0.3 is 20.5 Å². The fourth-order valence-electron chi connectivity index (χ4n) is 4.28. The van der Waals surface area contributed by atoms with Crippen molar-refractivity contribution in [2.45, 2.75) is 65.5 Å². The van der Waals surface area contributed by atoms with Crippen LogP contribution in [0.5, 0.6) is 0 Å². The van der Waals surface area contributed by atoms with E-state index in [4.69, 9.17) is 4.74 Å². The number of benzene rings is 2. The second-order valence-electron chi connectivity index (χ2n) is 10.4. The minimum Gasteiger partial charge on any atom is -0.481 e. The molecule has 0 bridgehead atoms. The molecule has 7 nitrogen and oxygen atoms in total. The van der Waals surface area contributed by atoms with Crippen LogP contribution in [0, 0.1) is 11.3 Å². The molecule has 2 aromatic rings. The van der Waals surface area contributed by atoms with Gasteiger partial charge in [-0.1, -0.05) is 68.8 Å². The Balaban J connectivity index is 1.71. The zero-order chi connectivity index (χ0) is 26.0. The highest BCUT2D eigenvalue weighted by Gasteiger charge is 2.45. The van der Waals surface area contributed by atoms with Crippen molar-refractivity contribution in [3.05, 3.63) is 59.7 Å². The van der Waals surface area contributed by atoms with Crippen LogP contribution >= 0.6 is 0 Å². The molecule has 2 amide bonds. The van der Waals surface area contributed by atoms with E-state index < -0.39 is 35.0 Å². The number of carbonyl (C=O) groups is 3. The summed E-state index contributed by atoms with van der Waals surface area (Å²) < 4.78 is 5.63. The third-order valence-corrected chi connectivity index (χ3v) is 7.65. The Bertz CT molecular complexity index is 1060. The molecule has 0 spiro atoms. The second kappa shape index (κ2) is 10.1. The normalized spacial score (nSPS) is 14.9. The molecule has 1 aliphatic carbocycles. The van der Waals surface area contributed by atoms with Gasteiger partial charge in [-0.15, -0.1) is 0 Å². The van der Waals surface area contributed by atoms with Gasteiger partial charge in [0.1, 0.15) is 12.6 Å². The van der Waals surface area contributed by atoms with Crippen LogP contribution in [0.25, 0.3) is 11.1 Å². The summed E-state index contributed by atoms with van der Waals surface area (Å²) in [6, 6.07) is 15.3. The van der Waals surface area contributed by atoms with Gasteiger partial charge in [-0.25, -0.2) is 4.79 Å². The smallest absolute Gasteiger partial charge is 0.407 e. The van der Waals surface area contributed by atoms with Gasteiger partial charge in [0.15, 0.2) is 0 Å². The van der Waals surface area contributed by atoms with E-state index >= 15 is 0 Å². The second-order valence-corrected chi connectivity index (χ2v) is 10.4. The Labute approximate surface area is 207 Å². The molecule has 0 radical (unpaired) electrons. The first-order valence-corrected chi connectivity index (χ1v) is 12.1. The van der Waals surface area contributed by atoms with E-state index in [9.17, 15) is 19.5 Å². The van der Waals surface area contributed by atoms with Gasteiger partial charge in [-0.05, 0) is 55.9 Å². The summed E-state index contributed by atoms with van der Waals surface area (Å²) >= 11 is 0. The largest absolute Gasteiger partial charge is 0.481 e. The number of carbonyl (C=O) groups excluding carboxylic acids is 2. The number of hydrogen-bond acceptors (Lipinski definition) is 4. The average molecular weight is 481 g/mol. The Kier molecular flexibility index (Phi) is 7.58. The lowest BCUT2D eigenvalue weighted by Crippen LogP contribution is -2.61. The molecular weight excluding hydrogens is 444 g/mol. The molecule has 0 saturated carbocycles. The van der Waals surface area contributed by atoms with Crippen molar-refractivity contribution >= 4 is 18.0 Å². The van der Waals surface area contributed by atoms with E-state index in [1.165, 1.54) is 0 Å². The standard InChI is InChI=1S/C28H36N2O5/c1-7-17(2)23(24(31)30-28(5,6)27(3,4)25(32)33)29-26(34)35-16-22-20-14-10-8-12-18(20)19-13-9-11-15-21(19)22/h8-15,17,22-23H,7,16H2,1-6H3,(H,29,34)(H,30,31)(H,32,33)/t17-,23-/m0/s1. The number of nitrogens with one attached hydrogen (secondary N) is 2. The van der Waals surface area contributed by atoms with Gasteiger partial charge >= 0.3 is 12.1 Å². The Morgan fingerprint density at radius 3 is 1.97 bits per heavy atom. The first-order valence-electron chi connectivity index (χ1n) is 12.1. The first kappa shape index (κ1) is 26.3. The van der Waals surface area contributed by atoms with E-state index in [0.29, 0.717) is 6.42 Å². The number of carboxylic acid groups (broad SMARTS) is 1. The summed E-state index contributed by atoms with van der Waals surface area (Å²) in [4.78, 5) is 37.7. The Morgan fingerprint density at radius 2 is 1.49 bits per heavy atom. The molecule has 188 valence electrons. The van der Waals surface area contributed by atoms with Crippen molar-refractivity contribution in [2.75, 3.05) is 6.61 Å². The lowest BCUT2D eigenvalue weighted by Gasteiger charge is -2.40. The number of amides is 2. The lowest BCUT2D eigenvalue weighted by molar-refractivity contribution is -0.152. The van der Waals surface area contributed by atoms with Crippen molar-refractivity contribution in [1.29, 1.82) is 0 Å². The van der Waals surface area contributed by atoms with Gasteiger partial charge in [0, 0.05) is 5.92 Å². The highest BCUT2D eigenvalue weighted by Crippen LogP contribution is 2.44. The minimum atomic E-state index is -1.22. The van der Waals surface area contributed by atoms with Crippen LogP contribution in [0.4, 0.5) is 4.79 Å². The maximum Gasteiger partial charge on any atom is 0.407 e. The number of hydrogen-bond donors (Lipinski definition) is 3. The van der Waals surface area contributed by atoms with Crippen LogP contribution in [0.2, 0.25) is 0 Å². The molecule has 35 heavy (non-hydrogen) atoms. The van der Waals surface area contributed by atoms with E-state index in [0.717, 1.165) is 22.3 Å². The molecule has 2 atom stereocenters. The van der Waals surface area contributed by atoms with Crippen LogP contribution in [0.3, 0.4) is 0 Å². The zero-order valence-electron chi connectivity index (χ0n) is 21.3. The van der Waals surface area contributed by atoms with Crippen LogP contribution in [0.15, 0.2) is 48.5 Å².